The average molecular weight is 644 g/mol. The van der Waals surface area contributed by atoms with Crippen LogP contribution in [0.2, 0.25) is 0 Å². The molecule has 0 bridgehead atoms. The van der Waals surface area contributed by atoms with E-state index in [1.54, 1.807) is 0 Å². The monoisotopic (exact) mass is 643 g/mol. The van der Waals surface area contributed by atoms with Gasteiger partial charge in [-0.25, -0.2) is 0 Å². The van der Waals surface area contributed by atoms with Crippen molar-refractivity contribution in [1.82, 2.24) is 0 Å². The molecule has 0 aliphatic heterocycles. The fraction of sp³-hybridized carbons (Fsp3) is 0.184. The van der Waals surface area contributed by atoms with E-state index in [-0.39, 0.29) is 16.2 Å². The second-order valence-electron chi connectivity index (χ2n) is 16.2. The predicted octanol–water partition coefficient (Wildman–Crippen LogP) is 13.2. The van der Waals surface area contributed by atoms with E-state index < -0.39 is 0 Å². The molecule has 3 aliphatic rings. The standard InChI is InChI=1S/C49H41N/c1-47(2)39-20-12-9-17-34(39)36-25-23-31(28-42(36)47)50(32-24-26-37-35-18-10-13-21-40(35)48(3,4)43(37)29-32)46-33-16-8-7-15-30(33)27-44-45(46)38-19-11-14-22-41(38)49(44,5)6/h7-29H,1-6H3. The molecule has 0 spiro atoms. The summed E-state index contributed by atoms with van der Waals surface area (Å²) in [5.41, 5.74) is 19.7. The quantitative estimate of drug-likeness (QED) is 0.185. The van der Waals surface area contributed by atoms with E-state index in [4.69, 9.17) is 0 Å². The van der Waals surface area contributed by atoms with Gasteiger partial charge in [0, 0.05) is 38.6 Å². The molecule has 1 nitrogen and oxygen atoms in total. The molecule has 7 aromatic carbocycles. The van der Waals surface area contributed by atoms with E-state index in [2.05, 4.69) is 186 Å². The number of hydrogen-bond donors (Lipinski definition) is 0. The Morgan fingerprint density at radius 2 is 0.780 bits per heavy atom. The van der Waals surface area contributed by atoms with E-state index in [1.807, 2.05) is 0 Å². The molecule has 1 heteroatoms. The summed E-state index contributed by atoms with van der Waals surface area (Å²) in [6.07, 6.45) is 0. The molecule has 0 radical (unpaired) electrons. The SMILES string of the molecule is CC1(C)c2ccccc2-c2ccc(N(c3ccc4c(c3)C(C)(C)c3ccccc3-4)c3c4c(cc5ccccc35)C(C)(C)c3ccccc3-4)cc21. The number of hydrogen-bond acceptors (Lipinski definition) is 1. The van der Waals surface area contributed by atoms with Crippen LogP contribution >= 0.6 is 0 Å². The lowest BCUT2D eigenvalue weighted by Crippen LogP contribution is -2.19. The first-order chi connectivity index (χ1) is 24.1. The van der Waals surface area contributed by atoms with Gasteiger partial charge in [0.1, 0.15) is 0 Å². The van der Waals surface area contributed by atoms with Gasteiger partial charge in [0.05, 0.1) is 5.69 Å². The zero-order chi connectivity index (χ0) is 34.2. The molecule has 0 N–H and O–H groups in total. The van der Waals surface area contributed by atoms with Gasteiger partial charge in [-0.05, 0) is 96.9 Å². The summed E-state index contributed by atoms with van der Waals surface area (Å²) >= 11 is 0. The van der Waals surface area contributed by atoms with Gasteiger partial charge in [0.2, 0.25) is 0 Å². The van der Waals surface area contributed by atoms with Crippen LogP contribution in [-0.2, 0) is 16.2 Å². The molecule has 0 heterocycles. The first-order valence-corrected chi connectivity index (χ1v) is 18.0. The van der Waals surface area contributed by atoms with E-state index in [1.165, 1.54) is 94.6 Å². The van der Waals surface area contributed by atoms with Crippen LogP contribution in [0.15, 0.2) is 140 Å². The highest BCUT2D eigenvalue weighted by atomic mass is 15.1. The second-order valence-corrected chi connectivity index (χ2v) is 16.2. The Balaban J connectivity index is 1.31. The Bertz CT molecular complexity index is 2470. The van der Waals surface area contributed by atoms with E-state index >= 15 is 0 Å². The Morgan fingerprint density at radius 3 is 1.34 bits per heavy atom. The molecule has 3 aliphatic carbocycles. The first kappa shape index (κ1) is 29.5. The minimum Gasteiger partial charge on any atom is -0.309 e. The maximum absolute atomic E-state index is 2.60. The van der Waals surface area contributed by atoms with Crippen molar-refractivity contribution in [2.24, 2.45) is 0 Å². The van der Waals surface area contributed by atoms with Gasteiger partial charge in [0.25, 0.3) is 0 Å². The van der Waals surface area contributed by atoms with Gasteiger partial charge in [-0.2, -0.15) is 0 Å². The molecular formula is C49H41N. The van der Waals surface area contributed by atoms with Crippen LogP contribution in [-0.4, -0.2) is 0 Å². The molecule has 0 saturated heterocycles. The van der Waals surface area contributed by atoms with Gasteiger partial charge in [-0.1, -0.05) is 151 Å². The van der Waals surface area contributed by atoms with Gasteiger partial charge in [0.15, 0.2) is 0 Å². The lowest BCUT2D eigenvalue weighted by Gasteiger charge is -2.32. The van der Waals surface area contributed by atoms with Crippen molar-refractivity contribution >= 4 is 27.8 Å². The lowest BCUT2D eigenvalue weighted by molar-refractivity contribution is 0.660. The van der Waals surface area contributed by atoms with Crippen LogP contribution in [0.25, 0.3) is 44.2 Å². The van der Waals surface area contributed by atoms with Gasteiger partial charge in [-0.15, -0.1) is 0 Å². The predicted molar refractivity (Wildman–Crippen MR) is 211 cm³/mol. The van der Waals surface area contributed by atoms with E-state index in [0.717, 1.165) is 0 Å². The maximum Gasteiger partial charge on any atom is 0.0621 e. The van der Waals surface area contributed by atoms with Crippen molar-refractivity contribution in [3.05, 3.63) is 173 Å². The first-order valence-electron chi connectivity index (χ1n) is 18.0. The molecular weight excluding hydrogens is 603 g/mol. The normalized spacial score (nSPS) is 16.3. The Hall–Kier alpha value is -5.40. The smallest absolute Gasteiger partial charge is 0.0621 e. The number of nitrogens with zero attached hydrogens (tertiary/aromatic N) is 1. The molecule has 0 aromatic heterocycles. The lowest BCUT2D eigenvalue weighted by atomic mass is 9.81. The number of anilines is 3. The average Bonchev–Trinajstić information content (AvgIpc) is 3.61. The van der Waals surface area contributed by atoms with Crippen molar-refractivity contribution in [3.63, 3.8) is 0 Å². The third-order valence-corrected chi connectivity index (χ3v) is 12.4. The molecule has 0 atom stereocenters. The summed E-state index contributed by atoms with van der Waals surface area (Å²) in [7, 11) is 0. The topological polar surface area (TPSA) is 3.24 Å². The summed E-state index contributed by atoms with van der Waals surface area (Å²) in [6, 6.07) is 52.9. The van der Waals surface area contributed by atoms with Crippen LogP contribution in [0, 0.1) is 0 Å². The highest BCUT2D eigenvalue weighted by Gasteiger charge is 2.41. The molecule has 7 aromatic rings. The highest BCUT2D eigenvalue weighted by molar-refractivity contribution is 6.10. The molecule has 0 unspecified atom stereocenters. The summed E-state index contributed by atoms with van der Waals surface area (Å²) in [6.45, 7) is 14.3. The zero-order valence-corrected chi connectivity index (χ0v) is 29.7. The maximum atomic E-state index is 2.60. The van der Waals surface area contributed by atoms with Crippen molar-refractivity contribution in [3.8, 4) is 33.4 Å². The number of rotatable bonds is 3. The third kappa shape index (κ3) is 3.73. The number of benzene rings is 7. The van der Waals surface area contributed by atoms with Crippen LogP contribution in [0.1, 0.15) is 74.9 Å². The van der Waals surface area contributed by atoms with Crippen molar-refractivity contribution in [2.45, 2.75) is 57.8 Å². The van der Waals surface area contributed by atoms with Crippen LogP contribution < -0.4 is 4.90 Å². The summed E-state index contributed by atoms with van der Waals surface area (Å²) < 4.78 is 0. The van der Waals surface area contributed by atoms with Crippen molar-refractivity contribution in [1.29, 1.82) is 0 Å². The van der Waals surface area contributed by atoms with Crippen molar-refractivity contribution < 1.29 is 0 Å². The van der Waals surface area contributed by atoms with E-state index in [0.29, 0.717) is 0 Å². The molecule has 50 heavy (non-hydrogen) atoms. The second kappa shape index (κ2) is 9.86. The van der Waals surface area contributed by atoms with Gasteiger partial charge >= 0.3 is 0 Å². The largest absolute Gasteiger partial charge is 0.309 e. The van der Waals surface area contributed by atoms with Crippen molar-refractivity contribution in [2.75, 3.05) is 4.90 Å². The molecule has 10 rings (SSSR count). The zero-order valence-electron chi connectivity index (χ0n) is 29.7. The molecule has 0 fully saturated rings. The van der Waals surface area contributed by atoms with Gasteiger partial charge < -0.3 is 4.90 Å². The van der Waals surface area contributed by atoms with E-state index in [9.17, 15) is 0 Å². The fourth-order valence-electron chi connectivity index (χ4n) is 9.79. The van der Waals surface area contributed by atoms with Crippen LogP contribution in [0.5, 0.6) is 0 Å². The Morgan fingerprint density at radius 1 is 0.360 bits per heavy atom. The third-order valence-electron chi connectivity index (χ3n) is 12.4. The summed E-state index contributed by atoms with van der Waals surface area (Å²) in [5, 5.41) is 2.54. The Kier molecular flexibility index (Phi) is 5.82. The molecule has 242 valence electrons. The van der Waals surface area contributed by atoms with Crippen LogP contribution in [0.4, 0.5) is 17.1 Å². The Labute approximate surface area is 295 Å². The highest BCUT2D eigenvalue weighted by Crippen LogP contribution is 2.58. The number of fused-ring (bicyclic) bond motifs is 10. The molecule has 0 saturated carbocycles. The van der Waals surface area contributed by atoms with Gasteiger partial charge in [-0.3, -0.25) is 0 Å². The fourth-order valence-corrected chi connectivity index (χ4v) is 9.79. The van der Waals surface area contributed by atoms with Crippen LogP contribution in [0.3, 0.4) is 0 Å². The minimum absolute atomic E-state index is 0.107. The summed E-state index contributed by atoms with van der Waals surface area (Å²) in [5.74, 6) is 0. The summed E-state index contributed by atoms with van der Waals surface area (Å²) in [4.78, 5) is 2.60. The molecule has 0 amide bonds. The minimum atomic E-state index is -0.125.